The molecule has 4 nitrogen and oxygen atoms in total. The Bertz CT molecular complexity index is 380. The lowest BCUT2D eigenvalue weighted by molar-refractivity contribution is -0.138. The van der Waals surface area contributed by atoms with Crippen LogP contribution in [-0.4, -0.2) is 36.4 Å². The number of benzene rings is 1. The number of hydrogen-bond donors (Lipinski definition) is 1. The van der Waals surface area contributed by atoms with Gasteiger partial charge in [-0.05, 0) is 19.1 Å². The van der Waals surface area contributed by atoms with Gasteiger partial charge in [-0.2, -0.15) is 0 Å². The third kappa shape index (κ3) is 2.77. The molecule has 0 saturated carbocycles. The van der Waals surface area contributed by atoms with Crippen LogP contribution >= 0.6 is 0 Å². The fraction of sp³-hybridized carbons (Fsp3) is 0.462. The summed E-state index contributed by atoms with van der Waals surface area (Å²) >= 11 is 0. The average molecular weight is 235 g/mol. The zero-order chi connectivity index (χ0) is 12.3. The molecule has 92 valence electrons. The molecule has 2 rings (SSSR count). The molecule has 1 heterocycles. The first-order valence-corrected chi connectivity index (χ1v) is 5.83. The number of carboxylic acid groups (broad SMARTS) is 1. The maximum atomic E-state index is 10.9. The lowest BCUT2D eigenvalue weighted by atomic mass is 10.0. The van der Waals surface area contributed by atoms with Crippen molar-refractivity contribution in [1.29, 1.82) is 0 Å². The molecule has 1 saturated heterocycles. The predicted molar refractivity (Wildman–Crippen MR) is 65.2 cm³/mol. The number of carboxylic acids is 1. The van der Waals surface area contributed by atoms with Gasteiger partial charge in [0.15, 0.2) is 0 Å². The van der Waals surface area contributed by atoms with Crippen LogP contribution in [0.15, 0.2) is 30.3 Å². The Morgan fingerprint density at radius 1 is 1.47 bits per heavy atom. The topological polar surface area (TPSA) is 49.8 Å². The van der Waals surface area contributed by atoms with E-state index >= 15 is 0 Å². The maximum Gasteiger partial charge on any atom is 0.305 e. The van der Waals surface area contributed by atoms with Crippen molar-refractivity contribution in [1.82, 2.24) is 0 Å². The Morgan fingerprint density at radius 3 is 2.82 bits per heavy atom. The first-order valence-electron chi connectivity index (χ1n) is 5.83. The van der Waals surface area contributed by atoms with Crippen LogP contribution in [0.3, 0.4) is 0 Å². The quantitative estimate of drug-likeness (QED) is 0.867. The van der Waals surface area contributed by atoms with Crippen LogP contribution in [0.1, 0.15) is 13.3 Å². The molecule has 1 N–H and O–H groups in total. The fourth-order valence-corrected chi connectivity index (χ4v) is 2.26. The Labute approximate surface area is 101 Å². The molecule has 17 heavy (non-hydrogen) atoms. The highest BCUT2D eigenvalue weighted by atomic mass is 16.5. The van der Waals surface area contributed by atoms with E-state index in [9.17, 15) is 4.79 Å². The second-order valence-corrected chi connectivity index (χ2v) is 4.27. The van der Waals surface area contributed by atoms with Crippen molar-refractivity contribution in [3.63, 3.8) is 0 Å². The molecule has 1 aromatic rings. The largest absolute Gasteiger partial charge is 0.481 e. The van der Waals surface area contributed by atoms with Crippen molar-refractivity contribution in [3.05, 3.63) is 30.3 Å². The smallest absolute Gasteiger partial charge is 0.305 e. The molecule has 1 aliphatic rings. The Morgan fingerprint density at radius 2 is 2.18 bits per heavy atom. The molecule has 2 atom stereocenters. The Balaban J connectivity index is 2.20. The minimum Gasteiger partial charge on any atom is -0.481 e. The molecule has 0 spiro atoms. The van der Waals surface area contributed by atoms with Gasteiger partial charge in [-0.15, -0.1) is 0 Å². The first kappa shape index (κ1) is 11.9. The lowest BCUT2D eigenvalue weighted by Gasteiger charge is -2.40. The van der Waals surface area contributed by atoms with E-state index in [-0.39, 0.29) is 18.6 Å². The number of aliphatic carboxylic acids is 1. The van der Waals surface area contributed by atoms with Gasteiger partial charge in [0.1, 0.15) is 0 Å². The van der Waals surface area contributed by atoms with Crippen molar-refractivity contribution in [3.8, 4) is 0 Å². The number of anilines is 1. The van der Waals surface area contributed by atoms with E-state index in [4.69, 9.17) is 9.84 Å². The minimum atomic E-state index is -0.784. The number of para-hydroxylation sites is 1. The highest BCUT2D eigenvalue weighted by molar-refractivity contribution is 5.69. The van der Waals surface area contributed by atoms with Gasteiger partial charge in [0.05, 0.1) is 25.2 Å². The van der Waals surface area contributed by atoms with Gasteiger partial charge in [0, 0.05) is 12.2 Å². The van der Waals surface area contributed by atoms with Crippen LogP contribution in [0.4, 0.5) is 5.69 Å². The molecule has 0 aliphatic carbocycles. The summed E-state index contributed by atoms with van der Waals surface area (Å²) in [6, 6.07) is 9.81. The Hall–Kier alpha value is -1.55. The lowest BCUT2D eigenvalue weighted by Crippen LogP contribution is -2.51. The predicted octanol–water partition coefficient (Wildman–Crippen LogP) is 1.76. The summed E-state index contributed by atoms with van der Waals surface area (Å²) in [5.74, 6) is -0.784. The second-order valence-electron chi connectivity index (χ2n) is 4.27. The summed E-state index contributed by atoms with van der Waals surface area (Å²) in [4.78, 5) is 13.0. The molecule has 1 fully saturated rings. The van der Waals surface area contributed by atoms with Gasteiger partial charge in [0.25, 0.3) is 0 Å². The van der Waals surface area contributed by atoms with Gasteiger partial charge in [-0.25, -0.2) is 0 Å². The standard InChI is InChI=1S/C13H17NO3/c1-10-12(9-13(15)16)14(7-8-17-10)11-5-3-2-4-6-11/h2-6,10,12H,7-9H2,1H3,(H,15,16). The number of nitrogens with zero attached hydrogens (tertiary/aromatic N) is 1. The maximum absolute atomic E-state index is 10.9. The van der Waals surface area contributed by atoms with Gasteiger partial charge in [-0.1, -0.05) is 18.2 Å². The third-order valence-corrected chi connectivity index (χ3v) is 3.13. The van der Waals surface area contributed by atoms with Crippen molar-refractivity contribution in [2.24, 2.45) is 0 Å². The normalized spacial score (nSPS) is 24.6. The van der Waals surface area contributed by atoms with Crippen LogP contribution < -0.4 is 4.90 Å². The molecular weight excluding hydrogens is 218 g/mol. The molecule has 0 bridgehead atoms. The van der Waals surface area contributed by atoms with Gasteiger partial charge in [-0.3, -0.25) is 4.79 Å². The average Bonchev–Trinajstić information content (AvgIpc) is 2.32. The highest BCUT2D eigenvalue weighted by Gasteiger charge is 2.31. The third-order valence-electron chi connectivity index (χ3n) is 3.13. The highest BCUT2D eigenvalue weighted by Crippen LogP contribution is 2.24. The van der Waals surface area contributed by atoms with E-state index in [1.54, 1.807) is 0 Å². The summed E-state index contributed by atoms with van der Waals surface area (Å²) in [7, 11) is 0. The zero-order valence-electron chi connectivity index (χ0n) is 9.87. The van der Waals surface area contributed by atoms with E-state index in [0.29, 0.717) is 6.61 Å². The van der Waals surface area contributed by atoms with Crippen LogP contribution in [0.25, 0.3) is 0 Å². The Kier molecular flexibility index (Phi) is 3.64. The van der Waals surface area contributed by atoms with Crippen molar-refractivity contribution in [2.45, 2.75) is 25.5 Å². The minimum absolute atomic E-state index is 0.0555. The van der Waals surface area contributed by atoms with Crippen molar-refractivity contribution in [2.75, 3.05) is 18.1 Å². The van der Waals surface area contributed by atoms with Crippen LogP contribution in [0.5, 0.6) is 0 Å². The molecule has 4 heteroatoms. The van der Waals surface area contributed by atoms with Gasteiger partial charge < -0.3 is 14.7 Å². The second kappa shape index (κ2) is 5.19. The molecule has 1 aromatic carbocycles. The van der Waals surface area contributed by atoms with E-state index in [1.807, 2.05) is 37.3 Å². The number of carbonyl (C=O) groups is 1. The van der Waals surface area contributed by atoms with Crippen molar-refractivity contribution >= 4 is 11.7 Å². The fourth-order valence-electron chi connectivity index (χ4n) is 2.26. The van der Waals surface area contributed by atoms with Crippen LogP contribution in [0.2, 0.25) is 0 Å². The van der Waals surface area contributed by atoms with Gasteiger partial charge in [0.2, 0.25) is 0 Å². The summed E-state index contributed by atoms with van der Waals surface area (Å²) in [6.07, 6.45) is 0.0517. The monoisotopic (exact) mass is 235 g/mol. The molecule has 0 amide bonds. The number of morpholine rings is 1. The summed E-state index contributed by atoms with van der Waals surface area (Å²) in [5.41, 5.74) is 1.06. The van der Waals surface area contributed by atoms with E-state index < -0.39 is 5.97 Å². The van der Waals surface area contributed by atoms with E-state index in [2.05, 4.69) is 4.90 Å². The van der Waals surface area contributed by atoms with Gasteiger partial charge >= 0.3 is 5.97 Å². The van der Waals surface area contributed by atoms with E-state index in [1.165, 1.54) is 0 Å². The number of rotatable bonds is 3. The van der Waals surface area contributed by atoms with Crippen LogP contribution in [-0.2, 0) is 9.53 Å². The molecule has 0 aromatic heterocycles. The number of hydrogen-bond acceptors (Lipinski definition) is 3. The van der Waals surface area contributed by atoms with Crippen LogP contribution in [0, 0.1) is 0 Å². The molecular formula is C13H17NO3. The number of ether oxygens (including phenoxy) is 1. The summed E-state index contributed by atoms with van der Waals surface area (Å²) in [5, 5.41) is 8.97. The van der Waals surface area contributed by atoms with E-state index in [0.717, 1.165) is 12.2 Å². The zero-order valence-corrected chi connectivity index (χ0v) is 9.87. The first-order chi connectivity index (χ1) is 8.18. The molecule has 2 unspecified atom stereocenters. The summed E-state index contributed by atoms with van der Waals surface area (Å²) in [6.45, 7) is 3.32. The van der Waals surface area contributed by atoms with Crippen molar-refractivity contribution < 1.29 is 14.6 Å². The molecule has 1 aliphatic heterocycles. The summed E-state index contributed by atoms with van der Waals surface area (Å²) < 4.78 is 5.54. The SMILES string of the molecule is CC1OCCN(c2ccccc2)C1CC(=O)O. The molecule has 0 radical (unpaired) electrons.